The number of carbonyl (C=O) groups excluding carboxylic acids is 1. The Kier molecular flexibility index (Phi) is 3.90. The lowest BCUT2D eigenvalue weighted by atomic mass is 9.78. The second kappa shape index (κ2) is 6.31. The van der Waals surface area contributed by atoms with E-state index in [0.717, 1.165) is 24.0 Å². The maximum atomic E-state index is 13.3. The van der Waals surface area contributed by atoms with Crippen LogP contribution in [0, 0.1) is 0 Å². The van der Waals surface area contributed by atoms with Crippen molar-refractivity contribution in [3.8, 4) is 0 Å². The van der Waals surface area contributed by atoms with Crippen LogP contribution in [0.25, 0.3) is 0 Å². The number of likely N-dealkylation sites (N-methyl/N-ethyl adjacent to an activating group) is 1. The van der Waals surface area contributed by atoms with E-state index in [1.165, 1.54) is 18.4 Å². The largest absolute Gasteiger partial charge is 0.342 e. The van der Waals surface area contributed by atoms with Gasteiger partial charge < -0.3 is 5.32 Å². The molecule has 2 fully saturated rings. The molecule has 0 saturated carbocycles. The lowest BCUT2D eigenvalue weighted by Crippen LogP contribution is -2.52. The number of hydrogen-bond donors (Lipinski definition) is 1. The first-order valence-corrected chi connectivity index (χ1v) is 9.90. The van der Waals surface area contributed by atoms with Gasteiger partial charge in [0.15, 0.2) is 0 Å². The summed E-state index contributed by atoms with van der Waals surface area (Å²) in [6, 6.07) is 19.1. The molecule has 4 heteroatoms. The number of carbonyl (C=O) groups is 1. The molecule has 3 aliphatic rings. The minimum absolute atomic E-state index is 0.0142. The van der Waals surface area contributed by atoms with Crippen LogP contribution >= 0.6 is 0 Å². The van der Waals surface area contributed by atoms with Crippen LogP contribution in [-0.4, -0.2) is 35.1 Å². The summed E-state index contributed by atoms with van der Waals surface area (Å²) < 4.78 is 0. The van der Waals surface area contributed by atoms with Gasteiger partial charge in [0.05, 0.1) is 12.6 Å². The Hall–Kier alpha value is -2.46. The van der Waals surface area contributed by atoms with Crippen LogP contribution in [0.15, 0.2) is 59.6 Å². The van der Waals surface area contributed by atoms with E-state index in [-0.39, 0.29) is 17.5 Å². The number of nitrogens with zero attached hydrogens (tertiary/aromatic N) is 2. The summed E-state index contributed by atoms with van der Waals surface area (Å²) in [7, 11) is 2.23. The van der Waals surface area contributed by atoms with E-state index in [0.29, 0.717) is 18.3 Å². The summed E-state index contributed by atoms with van der Waals surface area (Å²) in [5, 5.41) is 3.40. The number of fused-ring (bicyclic) bond motifs is 3. The minimum atomic E-state index is -0.0491. The highest BCUT2D eigenvalue weighted by molar-refractivity contribution is 6.46. The fourth-order valence-corrected chi connectivity index (χ4v) is 5.40. The Morgan fingerprint density at radius 2 is 1.81 bits per heavy atom. The molecule has 4 nitrogen and oxygen atoms in total. The Morgan fingerprint density at radius 1 is 1.11 bits per heavy atom. The van der Waals surface area contributed by atoms with Crippen molar-refractivity contribution in [2.75, 3.05) is 7.05 Å². The summed E-state index contributed by atoms with van der Waals surface area (Å²) in [6.45, 7) is 0.599. The van der Waals surface area contributed by atoms with E-state index < -0.39 is 0 Å². The van der Waals surface area contributed by atoms with Crippen molar-refractivity contribution in [1.29, 1.82) is 0 Å². The fraction of sp³-hybridized carbons (Fsp3) is 0.391. The summed E-state index contributed by atoms with van der Waals surface area (Å²) in [6.07, 6.45) is 4.72. The zero-order valence-corrected chi connectivity index (χ0v) is 15.7. The minimum Gasteiger partial charge on any atom is -0.342 e. The predicted molar refractivity (Wildman–Crippen MR) is 107 cm³/mol. The third-order valence-corrected chi connectivity index (χ3v) is 6.91. The van der Waals surface area contributed by atoms with Gasteiger partial charge in [0.1, 0.15) is 5.71 Å². The lowest BCUT2D eigenvalue weighted by molar-refractivity contribution is -0.116. The molecule has 0 aliphatic carbocycles. The van der Waals surface area contributed by atoms with Gasteiger partial charge in [0.25, 0.3) is 5.91 Å². The first kappa shape index (κ1) is 16.7. The normalized spacial score (nSPS) is 27.3. The quantitative estimate of drug-likeness (QED) is 0.908. The van der Waals surface area contributed by atoms with Crippen molar-refractivity contribution in [1.82, 2.24) is 10.2 Å². The van der Waals surface area contributed by atoms with Crippen LogP contribution in [0.3, 0.4) is 0 Å². The maximum Gasteiger partial charge on any atom is 0.270 e. The monoisotopic (exact) mass is 359 g/mol. The molecule has 1 unspecified atom stereocenters. The van der Waals surface area contributed by atoms with E-state index in [9.17, 15) is 4.79 Å². The highest BCUT2D eigenvalue weighted by Crippen LogP contribution is 2.51. The van der Waals surface area contributed by atoms with Crippen LogP contribution in [0.5, 0.6) is 0 Å². The molecule has 0 aromatic heterocycles. The zero-order chi connectivity index (χ0) is 18.4. The molecule has 5 rings (SSSR count). The third kappa shape index (κ3) is 2.54. The van der Waals surface area contributed by atoms with Gasteiger partial charge in [-0.05, 0) is 43.9 Å². The van der Waals surface area contributed by atoms with Crippen molar-refractivity contribution in [2.24, 2.45) is 4.99 Å². The van der Waals surface area contributed by atoms with Crippen LogP contribution in [0.4, 0.5) is 0 Å². The molecular formula is C23H25N3O. The van der Waals surface area contributed by atoms with Gasteiger partial charge in [-0.2, -0.15) is 0 Å². The molecule has 0 spiro atoms. The van der Waals surface area contributed by atoms with Gasteiger partial charge in [-0.25, -0.2) is 0 Å². The molecule has 27 heavy (non-hydrogen) atoms. The Labute approximate surface area is 160 Å². The lowest BCUT2D eigenvalue weighted by Gasteiger charge is -2.41. The summed E-state index contributed by atoms with van der Waals surface area (Å²) >= 11 is 0. The molecule has 2 aromatic carbocycles. The molecule has 1 amide bonds. The molecule has 3 heterocycles. The van der Waals surface area contributed by atoms with Crippen molar-refractivity contribution in [3.63, 3.8) is 0 Å². The predicted octanol–water partition coefficient (Wildman–Crippen LogP) is 3.47. The Balaban J connectivity index is 1.49. The summed E-state index contributed by atoms with van der Waals surface area (Å²) in [5.74, 6) is -0.0491. The number of aliphatic imine (C=N–C) groups is 1. The number of amides is 1. The standard InChI is InChI=1S/C23H25N3O/c1-26-18-11-13-23(26,14-12-18)21(16-7-3-2-4-8-16)25-22(27)20-19-10-6-5-9-17(19)15-24-20/h2-10,18,21H,11-15H2,1H3,(H,25,27). The molecule has 0 radical (unpaired) electrons. The van der Waals surface area contributed by atoms with Gasteiger partial charge in [-0.3, -0.25) is 14.7 Å². The number of nitrogens with one attached hydrogen (secondary N) is 1. The van der Waals surface area contributed by atoms with Crippen LogP contribution < -0.4 is 5.32 Å². The average Bonchev–Trinajstić information content (AvgIpc) is 3.38. The van der Waals surface area contributed by atoms with Gasteiger partial charge in [-0.1, -0.05) is 54.6 Å². The average molecular weight is 359 g/mol. The number of hydrogen-bond acceptors (Lipinski definition) is 3. The molecule has 2 aromatic rings. The Bertz CT molecular complexity index is 897. The van der Waals surface area contributed by atoms with Gasteiger partial charge >= 0.3 is 0 Å². The molecule has 3 aliphatic heterocycles. The van der Waals surface area contributed by atoms with Crippen LogP contribution in [0.1, 0.15) is 48.4 Å². The van der Waals surface area contributed by atoms with E-state index in [1.807, 2.05) is 24.3 Å². The van der Waals surface area contributed by atoms with Gasteiger partial charge in [-0.15, -0.1) is 0 Å². The maximum absolute atomic E-state index is 13.3. The van der Waals surface area contributed by atoms with E-state index in [1.54, 1.807) is 0 Å². The molecule has 2 saturated heterocycles. The first-order chi connectivity index (χ1) is 13.2. The molecule has 2 bridgehead atoms. The van der Waals surface area contributed by atoms with E-state index in [4.69, 9.17) is 0 Å². The Morgan fingerprint density at radius 3 is 2.52 bits per heavy atom. The summed E-state index contributed by atoms with van der Waals surface area (Å²) in [5.41, 5.74) is 3.89. The molecular weight excluding hydrogens is 334 g/mol. The first-order valence-electron chi connectivity index (χ1n) is 9.90. The van der Waals surface area contributed by atoms with Crippen molar-refractivity contribution in [2.45, 2.75) is 49.9 Å². The van der Waals surface area contributed by atoms with Crippen LogP contribution in [0.2, 0.25) is 0 Å². The molecule has 1 atom stereocenters. The SMILES string of the molecule is CN1C2CCC1(C(NC(=O)C1=NCc3ccccc31)c1ccccc1)CC2. The molecule has 1 N–H and O–H groups in total. The second-order valence-corrected chi connectivity index (χ2v) is 8.08. The van der Waals surface area contributed by atoms with E-state index in [2.05, 4.69) is 52.6 Å². The van der Waals surface area contributed by atoms with Crippen molar-refractivity contribution in [3.05, 3.63) is 71.3 Å². The number of benzene rings is 2. The highest BCUT2D eigenvalue weighted by atomic mass is 16.2. The van der Waals surface area contributed by atoms with Crippen molar-refractivity contribution >= 4 is 11.6 Å². The zero-order valence-electron chi connectivity index (χ0n) is 15.7. The van der Waals surface area contributed by atoms with Crippen LogP contribution in [-0.2, 0) is 11.3 Å². The second-order valence-electron chi connectivity index (χ2n) is 8.08. The van der Waals surface area contributed by atoms with Gasteiger partial charge in [0.2, 0.25) is 0 Å². The third-order valence-electron chi connectivity index (χ3n) is 6.91. The number of rotatable bonds is 4. The summed E-state index contributed by atoms with van der Waals surface area (Å²) in [4.78, 5) is 20.3. The fourth-order valence-electron chi connectivity index (χ4n) is 5.40. The topological polar surface area (TPSA) is 44.7 Å². The van der Waals surface area contributed by atoms with Gasteiger partial charge in [0, 0.05) is 17.1 Å². The van der Waals surface area contributed by atoms with Crippen molar-refractivity contribution < 1.29 is 4.79 Å². The van der Waals surface area contributed by atoms with E-state index >= 15 is 0 Å². The molecule has 138 valence electrons. The highest BCUT2D eigenvalue weighted by Gasteiger charge is 2.54. The smallest absolute Gasteiger partial charge is 0.270 e.